The lowest BCUT2D eigenvalue weighted by molar-refractivity contribution is -0.0346. The molecule has 7 nitrogen and oxygen atoms in total. The molecule has 2 N–H and O–H groups in total. The van der Waals surface area contributed by atoms with Gasteiger partial charge in [0.25, 0.3) is 0 Å². The number of rotatable bonds is 7. The van der Waals surface area contributed by atoms with Crippen LogP contribution in [-0.4, -0.2) is 32.9 Å². The number of likely N-dealkylation sites (N-methyl/N-ethyl adjacent to an activating group) is 1. The van der Waals surface area contributed by atoms with Crippen LogP contribution >= 0.6 is 0 Å². The molecule has 11 aromatic rings. The van der Waals surface area contributed by atoms with E-state index in [-0.39, 0.29) is 18.2 Å². The minimum Gasteiger partial charge on any atom is -0.456 e. The minimum atomic E-state index is -0.720. The number of furan rings is 2. The molecule has 398 valence electrons. The summed E-state index contributed by atoms with van der Waals surface area (Å²) in [5.41, 5.74) is 14.1. The molecule has 7 heteroatoms. The maximum atomic E-state index is 7.38. The van der Waals surface area contributed by atoms with E-state index in [9.17, 15) is 0 Å². The van der Waals surface area contributed by atoms with Gasteiger partial charge in [-0.3, -0.25) is 15.5 Å². The topological polar surface area (TPSA) is 63.4 Å². The van der Waals surface area contributed by atoms with Gasteiger partial charge >= 0.3 is 0 Å². The summed E-state index contributed by atoms with van der Waals surface area (Å²) in [7, 11) is 2.25. The molecule has 0 radical (unpaired) electrons. The second-order valence-electron chi connectivity index (χ2n) is 24.0. The summed E-state index contributed by atoms with van der Waals surface area (Å²) in [6.07, 6.45) is 30.2. The zero-order chi connectivity index (χ0) is 54.3. The second kappa shape index (κ2) is 18.3. The van der Waals surface area contributed by atoms with Crippen LogP contribution in [0.5, 0.6) is 0 Å². The number of fused-ring (bicyclic) bond motifs is 14. The fourth-order valence-corrected chi connectivity index (χ4v) is 15.0. The molecule has 5 aliphatic rings. The first-order valence-electron chi connectivity index (χ1n) is 29.3. The molecule has 81 heavy (non-hydrogen) atoms. The molecule has 16 rings (SSSR count). The van der Waals surface area contributed by atoms with Gasteiger partial charge in [0.15, 0.2) is 0 Å². The second-order valence-corrected chi connectivity index (χ2v) is 24.0. The molecule has 7 unspecified atom stereocenters. The number of nitrogens with one attached hydrogen (secondary N) is 2. The molecule has 7 atom stereocenters. The van der Waals surface area contributed by atoms with Gasteiger partial charge in [0.2, 0.25) is 0 Å². The molecule has 1 saturated heterocycles. The average molecular weight is 1060 g/mol. The first kappa shape index (κ1) is 48.4. The van der Waals surface area contributed by atoms with E-state index in [4.69, 9.17) is 8.83 Å². The van der Waals surface area contributed by atoms with Crippen molar-refractivity contribution < 1.29 is 8.83 Å². The largest absolute Gasteiger partial charge is 0.456 e. The third-order valence-corrected chi connectivity index (χ3v) is 19.2. The Balaban J connectivity index is 0.922. The summed E-state index contributed by atoms with van der Waals surface area (Å²) in [4.78, 5) is 2.47. The van der Waals surface area contributed by atoms with E-state index < -0.39 is 11.1 Å². The maximum Gasteiger partial charge on any atom is 0.143 e. The van der Waals surface area contributed by atoms with Crippen molar-refractivity contribution in [3.63, 3.8) is 0 Å². The summed E-state index contributed by atoms with van der Waals surface area (Å²) in [6.45, 7) is 9.57. The predicted octanol–water partition coefficient (Wildman–Crippen LogP) is 16.5. The molecule has 0 amide bonds. The molecule has 0 bridgehead atoms. The van der Waals surface area contributed by atoms with E-state index in [1.165, 1.54) is 60.0 Å². The fourth-order valence-electron chi connectivity index (χ4n) is 15.0. The third-order valence-electron chi connectivity index (χ3n) is 19.2. The van der Waals surface area contributed by atoms with Crippen LogP contribution in [-0.2, 0) is 0 Å². The van der Waals surface area contributed by atoms with E-state index in [0.717, 1.165) is 92.1 Å². The highest BCUT2D eigenvalue weighted by Crippen LogP contribution is 2.55. The number of nitrogens with zero attached hydrogens (tertiary/aromatic N) is 3. The lowest BCUT2D eigenvalue weighted by Gasteiger charge is -2.59. The van der Waals surface area contributed by atoms with Crippen molar-refractivity contribution in [3.05, 3.63) is 233 Å². The molecule has 1 fully saturated rings. The van der Waals surface area contributed by atoms with Crippen molar-refractivity contribution in [2.75, 3.05) is 7.05 Å². The molecule has 5 heterocycles. The van der Waals surface area contributed by atoms with Gasteiger partial charge in [-0.1, -0.05) is 185 Å². The Bertz CT molecular complexity index is 4770. The van der Waals surface area contributed by atoms with Gasteiger partial charge in [-0.15, -0.1) is 0 Å². The number of hydrogen-bond donors (Lipinski definition) is 2. The molecule has 4 aromatic heterocycles. The van der Waals surface area contributed by atoms with Crippen molar-refractivity contribution in [2.45, 2.75) is 77.3 Å². The summed E-state index contributed by atoms with van der Waals surface area (Å²) < 4.78 is 19.5. The van der Waals surface area contributed by atoms with Crippen molar-refractivity contribution in [3.8, 4) is 5.69 Å². The zero-order valence-electron chi connectivity index (χ0n) is 46.6. The van der Waals surface area contributed by atoms with Crippen molar-refractivity contribution in [1.82, 2.24) is 24.7 Å². The van der Waals surface area contributed by atoms with Gasteiger partial charge < -0.3 is 18.0 Å². The number of allylic oxidation sites excluding steroid dienone is 9. The van der Waals surface area contributed by atoms with Crippen LogP contribution in [0.25, 0.3) is 106 Å². The van der Waals surface area contributed by atoms with Gasteiger partial charge in [-0.25, -0.2) is 0 Å². The molecular formula is C74H65N5O2. The van der Waals surface area contributed by atoms with Crippen LogP contribution in [0.3, 0.4) is 0 Å². The summed E-state index contributed by atoms with van der Waals surface area (Å²) in [5.74, 6) is 0.676. The first-order valence-corrected chi connectivity index (χ1v) is 29.3. The molecule has 1 aliphatic heterocycles. The van der Waals surface area contributed by atoms with E-state index in [2.05, 4.69) is 272 Å². The van der Waals surface area contributed by atoms with Gasteiger partial charge in [-0.2, -0.15) is 0 Å². The fraction of sp³-hybridized carbons (Fsp3) is 0.216. The van der Waals surface area contributed by atoms with Gasteiger partial charge in [-0.05, 0) is 111 Å². The standard InChI is InChI=1S/C74H65N5O2/c1-45-35-38-60-56(43-45)66-62(79(60)58-33-17-15-21-46(58)2)40-42-64-68(66)55-32-20-30-52(70(55)81-64)57-37-36-49(44-73(57,3)74(4)75-71(47-22-9-6-10-23-47)77(5)72(76-74)48-24-11-7-12-25-48)51-29-19-31-54-67-63(80-69(51)54)41-39-61-65(67)53-28-16-18-34-59(53)78(61)50-26-13-8-14-27-50/h6,8-11,13-20,22-34,36-46,57,71-72,75-76H,7,12,21,35H2,1-5H3. The van der Waals surface area contributed by atoms with Gasteiger partial charge in [0.1, 0.15) is 22.3 Å². The Hall–Kier alpha value is -8.46. The summed E-state index contributed by atoms with van der Waals surface area (Å²) in [5, 5.41) is 19.6. The third kappa shape index (κ3) is 7.18. The highest BCUT2D eigenvalue weighted by molar-refractivity contribution is 6.28. The van der Waals surface area contributed by atoms with Crippen LogP contribution in [0.4, 0.5) is 0 Å². The number of aromatic nitrogens is 2. The lowest BCUT2D eigenvalue weighted by Crippen LogP contribution is -2.76. The van der Waals surface area contributed by atoms with Gasteiger partial charge in [0.05, 0.1) is 34.5 Å². The average Bonchev–Trinajstić information content (AvgIpc) is 4.26. The van der Waals surface area contributed by atoms with Crippen LogP contribution in [0, 0.1) is 17.3 Å². The van der Waals surface area contributed by atoms with Crippen molar-refractivity contribution in [2.24, 2.45) is 17.3 Å². The summed E-state index contributed by atoms with van der Waals surface area (Å²) in [6, 6.07) is 53.0. The molecule has 7 aromatic carbocycles. The quantitative estimate of drug-likeness (QED) is 0.167. The van der Waals surface area contributed by atoms with Crippen LogP contribution < -0.4 is 21.2 Å². The van der Waals surface area contributed by atoms with Crippen molar-refractivity contribution >= 4 is 100 Å². The molecule has 4 aliphatic carbocycles. The van der Waals surface area contributed by atoms with E-state index >= 15 is 0 Å². The van der Waals surface area contributed by atoms with Crippen LogP contribution in [0.15, 0.2) is 215 Å². The summed E-state index contributed by atoms with van der Waals surface area (Å²) >= 11 is 0. The maximum absolute atomic E-state index is 7.38. The lowest BCUT2D eigenvalue weighted by atomic mass is 9.61. The Morgan fingerprint density at radius 2 is 1.30 bits per heavy atom. The highest BCUT2D eigenvalue weighted by atomic mass is 16.3. The number of benzene rings is 7. The van der Waals surface area contributed by atoms with E-state index in [0.29, 0.717) is 11.8 Å². The minimum absolute atomic E-state index is 0.0871. The predicted molar refractivity (Wildman–Crippen MR) is 336 cm³/mol. The molecular weight excluding hydrogens is 991 g/mol. The monoisotopic (exact) mass is 1060 g/mol. The zero-order valence-corrected chi connectivity index (χ0v) is 46.6. The van der Waals surface area contributed by atoms with Crippen molar-refractivity contribution in [1.29, 1.82) is 0 Å². The number of hydrogen-bond acceptors (Lipinski definition) is 5. The normalized spacial score (nSPS) is 25.0. The first-order chi connectivity index (χ1) is 39.7. The smallest absolute Gasteiger partial charge is 0.143 e. The van der Waals surface area contributed by atoms with E-state index in [1.807, 2.05) is 0 Å². The Morgan fingerprint density at radius 3 is 2.09 bits per heavy atom. The van der Waals surface area contributed by atoms with Gasteiger partial charge in [0, 0.05) is 88.0 Å². The highest BCUT2D eigenvalue weighted by Gasteiger charge is 2.55. The Morgan fingerprint density at radius 1 is 0.593 bits per heavy atom. The van der Waals surface area contributed by atoms with Crippen LogP contribution in [0.2, 0.25) is 0 Å². The number of para-hydroxylation sites is 4. The molecule has 0 saturated carbocycles. The Labute approximate surface area is 471 Å². The van der Waals surface area contributed by atoms with Crippen LogP contribution in [0.1, 0.15) is 82.2 Å². The SMILES string of the molecule is CC1C=c2c(n(C3=CC=CCC3C)c3ccc4oc5c(C6C=CC(c7cccc8c7oc7ccc9c(c%10ccccc%10n9-c9ccccc9)c78)=CC6(C)C6(C)NC(C7=CCCC=C7)N(C)C(c7ccccc7)N6)cccc5c4c23)=CC1. The van der Waals surface area contributed by atoms with E-state index in [1.54, 1.807) is 0 Å². The molecule has 0 spiro atoms. The Kier molecular flexibility index (Phi) is 10.9.